The van der Waals surface area contributed by atoms with Gasteiger partial charge in [-0.3, -0.25) is 0 Å². The number of unbranched alkanes of at least 4 members (excludes halogenated alkanes) is 1. The van der Waals surface area contributed by atoms with Crippen molar-refractivity contribution in [3.63, 3.8) is 0 Å². The van der Waals surface area contributed by atoms with E-state index in [1.54, 1.807) is 11.3 Å². The maximum atomic E-state index is 4.51. The first-order chi connectivity index (χ1) is 7.15. The molecule has 1 rings (SSSR count). The van der Waals surface area contributed by atoms with Gasteiger partial charge in [0, 0.05) is 25.5 Å². The van der Waals surface area contributed by atoms with Gasteiger partial charge < -0.3 is 10.2 Å². The minimum Gasteiger partial charge on any atom is -0.354 e. The standard InChI is InChI=1S/C11H21N3S/c1-5-6-7-12-8-10-9(2)13-11(15-10)14(3)4/h12H,5-8H2,1-4H3. The van der Waals surface area contributed by atoms with Gasteiger partial charge in [0.1, 0.15) is 0 Å². The lowest BCUT2D eigenvalue weighted by Gasteiger charge is -2.05. The number of hydrogen-bond acceptors (Lipinski definition) is 4. The van der Waals surface area contributed by atoms with E-state index in [0.29, 0.717) is 0 Å². The van der Waals surface area contributed by atoms with E-state index in [1.165, 1.54) is 17.7 Å². The highest BCUT2D eigenvalue weighted by Gasteiger charge is 2.07. The Morgan fingerprint density at radius 3 is 2.67 bits per heavy atom. The van der Waals surface area contributed by atoms with Crippen molar-refractivity contribution in [1.82, 2.24) is 10.3 Å². The summed E-state index contributed by atoms with van der Waals surface area (Å²) in [6, 6.07) is 0. The van der Waals surface area contributed by atoms with Gasteiger partial charge in [-0.05, 0) is 19.9 Å². The second-order valence-corrected chi connectivity index (χ2v) is 4.99. The normalized spacial score (nSPS) is 10.7. The van der Waals surface area contributed by atoms with Gasteiger partial charge in [0.25, 0.3) is 0 Å². The minimum atomic E-state index is 0.956. The minimum absolute atomic E-state index is 0.956. The molecule has 0 amide bonds. The summed E-state index contributed by atoms with van der Waals surface area (Å²) >= 11 is 1.78. The largest absolute Gasteiger partial charge is 0.354 e. The van der Waals surface area contributed by atoms with Gasteiger partial charge in [0.2, 0.25) is 0 Å². The molecule has 1 aromatic rings. The molecule has 4 heteroatoms. The number of thiazole rings is 1. The molecular weight excluding hydrogens is 206 g/mol. The molecule has 0 aliphatic rings. The summed E-state index contributed by atoms with van der Waals surface area (Å²) in [6.45, 7) is 6.35. The summed E-state index contributed by atoms with van der Waals surface area (Å²) in [7, 11) is 4.07. The molecule has 0 aromatic carbocycles. The fourth-order valence-corrected chi connectivity index (χ4v) is 2.22. The lowest BCUT2D eigenvalue weighted by atomic mass is 10.3. The topological polar surface area (TPSA) is 28.2 Å². The Labute approximate surface area is 96.5 Å². The maximum absolute atomic E-state index is 4.51. The van der Waals surface area contributed by atoms with Crippen LogP contribution in [0, 0.1) is 6.92 Å². The van der Waals surface area contributed by atoms with E-state index in [4.69, 9.17) is 0 Å². The van der Waals surface area contributed by atoms with Crippen LogP contribution in [0.3, 0.4) is 0 Å². The Hall–Kier alpha value is -0.610. The number of nitrogens with one attached hydrogen (secondary N) is 1. The molecule has 86 valence electrons. The van der Waals surface area contributed by atoms with Crippen molar-refractivity contribution in [1.29, 1.82) is 0 Å². The smallest absolute Gasteiger partial charge is 0.185 e. The Morgan fingerprint density at radius 1 is 1.40 bits per heavy atom. The fraction of sp³-hybridized carbons (Fsp3) is 0.727. The molecule has 0 unspecified atom stereocenters. The molecule has 1 aromatic heterocycles. The number of nitrogens with zero attached hydrogens (tertiary/aromatic N) is 2. The van der Waals surface area contributed by atoms with E-state index >= 15 is 0 Å². The molecule has 0 atom stereocenters. The van der Waals surface area contributed by atoms with Crippen LogP contribution < -0.4 is 10.2 Å². The first kappa shape index (κ1) is 12.5. The van der Waals surface area contributed by atoms with E-state index < -0.39 is 0 Å². The highest BCUT2D eigenvalue weighted by Crippen LogP contribution is 2.24. The predicted octanol–water partition coefficient (Wildman–Crippen LogP) is 2.41. The number of rotatable bonds is 6. The molecular formula is C11H21N3S. The second-order valence-electron chi connectivity index (χ2n) is 3.93. The zero-order valence-electron chi connectivity index (χ0n) is 10.1. The zero-order chi connectivity index (χ0) is 11.3. The van der Waals surface area contributed by atoms with Crippen molar-refractivity contribution in [2.45, 2.75) is 33.2 Å². The van der Waals surface area contributed by atoms with E-state index in [1.807, 2.05) is 14.1 Å². The van der Waals surface area contributed by atoms with Crippen LogP contribution in [0.2, 0.25) is 0 Å². The van der Waals surface area contributed by atoms with Crippen LogP contribution in [0.4, 0.5) is 5.13 Å². The number of aryl methyl sites for hydroxylation is 1. The van der Waals surface area contributed by atoms with Crippen LogP contribution in [0.1, 0.15) is 30.3 Å². The summed E-state index contributed by atoms with van der Waals surface area (Å²) in [5, 5.41) is 4.54. The summed E-state index contributed by atoms with van der Waals surface area (Å²) in [5.74, 6) is 0. The van der Waals surface area contributed by atoms with Crippen LogP contribution in [0.5, 0.6) is 0 Å². The molecule has 0 aliphatic carbocycles. The van der Waals surface area contributed by atoms with Crippen molar-refractivity contribution in [2.75, 3.05) is 25.5 Å². The number of hydrogen-bond donors (Lipinski definition) is 1. The summed E-state index contributed by atoms with van der Waals surface area (Å²) in [6.07, 6.45) is 2.50. The molecule has 0 saturated heterocycles. The van der Waals surface area contributed by atoms with Gasteiger partial charge in [-0.1, -0.05) is 13.3 Å². The van der Waals surface area contributed by atoms with Gasteiger partial charge in [-0.15, -0.1) is 11.3 Å². The maximum Gasteiger partial charge on any atom is 0.185 e. The third-order valence-electron chi connectivity index (χ3n) is 2.26. The van der Waals surface area contributed by atoms with E-state index in [2.05, 4.69) is 29.0 Å². The van der Waals surface area contributed by atoms with Gasteiger partial charge >= 0.3 is 0 Å². The van der Waals surface area contributed by atoms with Crippen molar-refractivity contribution < 1.29 is 0 Å². The molecule has 1 N–H and O–H groups in total. The van der Waals surface area contributed by atoms with Crippen LogP contribution in [-0.4, -0.2) is 25.6 Å². The Kier molecular flexibility index (Phi) is 5.05. The zero-order valence-corrected chi connectivity index (χ0v) is 10.9. The van der Waals surface area contributed by atoms with Crippen molar-refractivity contribution in [2.24, 2.45) is 0 Å². The third kappa shape index (κ3) is 3.80. The molecule has 3 nitrogen and oxygen atoms in total. The van der Waals surface area contributed by atoms with Crippen molar-refractivity contribution >= 4 is 16.5 Å². The van der Waals surface area contributed by atoms with E-state index in [0.717, 1.165) is 23.9 Å². The first-order valence-corrected chi connectivity index (χ1v) is 6.31. The monoisotopic (exact) mass is 227 g/mol. The molecule has 15 heavy (non-hydrogen) atoms. The fourth-order valence-electron chi connectivity index (χ4n) is 1.27. The Morgan fingerprint density at radius 2 is 2.13 bits per heavy atom. The predicted molar refractivity (Wildman–Crippen MR) is 67.8 cm³/mol. The van der Waals surface area contributed by atoms with E-state index in [9.17, 15) is 0 Å². The molecule has 0 spiro atoms. The van der Waals surface area contributed by atoms with Crippen LogP contribution in [0.15, 0.2) is 0 Å². The molecule has 0 saturated carbocycles. The first-order valence-electron chi connectivity index (χ1n) is 5.49. The van der Waals surface area contributed by atoms with Gasteiger partial charge in [-0.25, -0.2) is 4.98 Å². The lowest BCUT2D eigenvalue weighted by Crippen LogP contribution is -2.14. The average molecular weight is 227 g/mol. The Bertz CT molecular complexity index is 294. The van der Waals surface area contributed by atoms with E-state index in [-0.39, 0.29) is 0 Å². The number of aromatic nitrogens is 1. The van der Waals surface area contributed by atoms with Crippen LogP contribution in [0.25, 0.3) is 0 Å². The quantitative estimate of drug-likeness (QED) is 0.756. The molecule has 0 bridgehead atoms. The summed E-state index contributed by atoms with van der Waals surface area (Å²) in [5.41, 5.74) is 1.16. The molecule has 0 radical (unpaired) electrons. The summed E-state index contributed by atoms with van der Waals surface area (Å²) in [4.78, 5) is 7.93. The molecule has 0 aliphatic heterocycles. The highest BCUT2D eigenvalue weighted by atomic mass is 32.1. The second kappa shape index (κ2) is 6.08. The van der Waals surface area contributed by atoms with Gasteiger partial charge in [0.05, 0.1) is 5.69 Å². The van der Waals surface area contributed by atoms with Crippen LogP contribution in [-0.2, 0) is 6.54 Å². The number of anilines is 1. The highest BCUT2D eigenvalue weighted by molar-refractivity contribution is 7.15. The molecule has 1 heterocycles. The molecule has 0 fully saturated rings. The van der Waals surface area contributed by atoms with Gasteiger partial charge in [-0.2, -0.15) is 0 Å². The average Bonchev–Trinajstić information content (AvgIpc) is 2.55. The third-order valence-corrected chi connectivity index (χ3v) is 3.58. The lowest BCUT2D eigenvalue weighted by molar-refractivity contribution is 0.644. The van der Waals surface area contributed by atoms with Crippen molar-refractivity contribution in [3.05, 3.63) is 10.6 Å². The Balaban J connectivity index is 2.46. The SMILES string of the molecule is CCCCNCc1sc(N(C)C)nc1C. The van der Waals surface area contributed by atoms with Crippen LogP contribution >= 0.6 is 11.3 Å². The van der Waals surface area contributed by atoms with Gasteiger partial charge in [0.15, 0.2) is 5.13 Å². The summed E-state index contributed by atoms with van der Waals surface area (Å²) < 4.78 is 0. The van der Waals surface area contributed by atoms with Crippen molar-refractivity contribution in [3.8, 4) is 0 Å².